The van der Waals surface area contributed by atoms with E-state index < -0.39 is 0 Å². The molecule has 0 bridgehead atoms. The monoisotopic (exact) mass is 219 g/mol. The first-order valence-corrected chi connectivity index (χ1v) is 5.96. The van der Waals surface area contributed by atoms with Gasteiger partial charge >= 0.3 is 0 Å². The minimum atomic E-state index is -0.267. The highest BCUT2D eigenvalue weighted by atomic mass is 16.3. The van der Waals surface area contributed by atoms with Gasteiger partial charge in [-0.2, -0.15) is 0 Å². The van der Waals surface area contributed by atoms with Gasteiger partial charge < -0.3 is 5.11 Å². The molecule has 0 fully saturated rings. The average Bonchev–Trinajstić information content (AvgIpc) is 2.58. The van der Waals surface area contributed by atoms with Crippen LogP contribution in [0, 0.1) is 5.41 Å². The van der Waals surface area contributed by atoms with Crippen LogP contribution in [0.4, 0.5) is 0 Å². The maximum Gasteiger partial charge on any atom is 0.0575 e. The van der Waals surface area contributed by atoms with Gasteiger partial charge in [-0.25, -0.2) is 0 Å². The van der Waals surface area contributed by atoms with Crippen molar-refractivity contribution in [2.45, 2.75) is 40.0 Å². The minimum absolute atomic E-state index is 0.0396. The summed E-state index contributed by atoms with van der Waals surface area (Å²) in [6, 6.07) is 8.60. The minimum Gasteiger partial charge on any atom is -0.393 e. The SMILES string of the molecule is CC(O)C(C)(C)CN1Cc2ccccc2C1. The molecule has 2 heteroatoms. The maximum atomic E-state index is 9.73. The number of hydrogen-bond donors (Lipinski definition) is 1. The van der Waals surface area contributed by atoms with Gasteiger partial charge in [0.15, 0.2) is 0 Å². The molecule has 1 heterocycles. The molecule has 88 valence electrons. The van der Waals surface area contributed by atoms with Crippen molar-refractivity contribution in [3.05, 3.63) is 35.4 Å². The molecular formula is C14H21NO. The van der Waals surface area contributed by atoms with Crippen molar-refractivity contribution in [1.82, 2.24) is 4.90 Å². The fourth-order valence-corrected chi connectivity index (χ4v) is 2.22. The quantitative estimate of drug-likeness (QED) is 0.844. The van der Waals surface area contributed by atoms with E-state index in [0.29, 0.717) is 0 Å². The molecular weight excluding hydrogens is 198 g/mol. The van der Waals surface area contributed by atoms with Gasteiger partial charge in [0.1, 0.15) is 0 Å². The predicted molar refractivity (Wildman–Crippen MR) is 66.0 cm³/mol. The van der Waals surface area contributed by atoms with E-state index in [2.05, 4.69) is 43.0 Å². The first-order chi connectivity index (χ1) is 7.49. The Morgan fingerprint density at radius 3 is 2.19 bits per heavy atom. The van der Waals surface area contributed by atoms with Crippen molar-refractivity contribution in [3.63, 3.8) is 0 Å². The van der Waals surface area contributed by atoms with E-state index in [1.807, 2.05) is 6.92 Å². The van der Waals surface area contributed by atoms with E-state index in [1.54, 1.807) is 0 Å². The number of hydrogen-bond acceptors (Lipinski definition) is 2. The maximum absolute atomic E-state index is 9.73. The van der Waals surface area contributed by atoms with Crippen LogP contribution in [0.1, 0.15) is 31.9 Å². The zero-order valence-electron chi connectivity index (χ0n) is 10.4. The molecule has 1 atom stereocenters. The summed E-state index contributed by atoms with van der Waals surface area (Å²) in [6.07, 6.45) is -0.267. The highest BCUT2D eigenvalue weighted by molar-refractivity contribution is 5.30. The molecule has 1 aliphatic rings. The number of rotatable bonds is 3. The Kier molecular flexibility index (Phi) is 3.04. The summed E-state index contributed by atoms with van der Waals surface area (Å²) in [5.74, 6) is 0. The number of aliphatic hydroxyl groups excluding tert-OH is 1. The Hall–Kier alpha value is -0.860. The van der Waals surface area contributed by atoms with Crippen LogP contribution in [0.3, 0.4) is 0 Å². The molecule has 1 aliphatic heterocycles. The normalized spacial score (nSPS) is 18.5. The van der Waals surface area contributed by atoms with Crippen LogP contribution >= 0.6 is 0 Å². The summed E-state index contributed by atoms with van der Waals surface area (Å²) in [4.78, 5) is 2.41. The predicted octanol–water partition coefficient (Wildman–Crippen LogP) is 2.41. The van der Waals surface area contributed by atoms with E-state index in [1.165, 1.54) is 11.1 Å². The second-order valence-electron chi connectivity index (χ2n) is 5.58. The van der Waals surface area contributed by atoms with Crippen LogP contribution < -0.4 is 0 Å². The van der Waals surface area contributed by atoms with Gasteiger partial charge in [0.2, 0.25) is 0 Å². The Labute approximate surface area is 97.9 Å². The fourth-order valence-electron chi connectivity index (χ4n) is 2.22. The molecule has 0 saturated carbocycles. The van der Waals surface area contributed by atoms with Crippen LogP contribution in [-0.2, 0) is 13.1 Å². The lowest BCUT2D eigenvalue weighted by molar-refractivity contribution is 0.0334. The van der Waals surface area contributed by atoms with E-state index in [4.69, 9.17) is 0 Å². The molecule has 2 rings (SSSR count). The molecule has 1 N–H and O–H groups in total. The van der Waals surface area contributed by atoms with E-state index in [-0.39, 0.29) is 11.5 Å². The highest BCUT2D eigenvalue weighted by Crippen LogP contribution is 2.28. The van der Waals surface area contributed by atoms with E-state index in [0.717, 1.165) is 19.6 Å². The van der Waals surface area contributed by atoms with Crippen molar-refractivity contribution < 1.29 is 5.11 Å². The lowest BCUT2D eigenvalue weighted by Gasteiger charge is -2.32. The van der Waals surface area contributed by atoms with Crippen LogP contribution in [0.2, 0.25) is 0 Å². The Morgan fingerprint density at radius 2 is 1.75 bits per heavy atom. The summed E-state index contributed by atoms with van der Waals surface area (Å²) < 4.78 is 0. The molecule has 1 aromatic rings. The van der Waals surface area contributed by atoms with Crippen molar-refractivity contribution in [1.29, 1.82) is 0 Å². The molecule has 0 aliphatic carbocycles. The molecule has 0 spiro atoms. The van der Waals surface area contributed by atoms with Crippen molar-refractivity contribution in [2.24, 2.45) is 5.41 Å². The zero-order valence-corrected chi connectivity index (χ0v) is 10.4. The fraction of sp³-hybridized carbons (Fsp3) is 0.571. The van der Waals surface area contributed by atoms with Gasteiger partial charge in [-0.3, -0.25) is 4.90 Å². The number of aliphatic hydroxyl groups is 1. The molecule has 0 amide bonds. The second-order valence-corrected chi connectivity index (χ2v) is 5.58. The Bertz CT molecular complexity index is 346. The van der Waals surface area contributed by atoms with E-state index in [9.17, 15) is 5.11 Å². The van der Waals surface area contributed by atoms with Gasteiger partial charge in [0, 0.05) is 25.0 Å². The van der Waals surface area contributed by atoms with Gasteiger partial charge in [-0.15, -0.1) is 0 Å². The van der Waals surface area contributed by atoms with Crippen molar-refractivity contribution >= 4 is 0 Å². The number of benzene rings is 1. The Balaban J connectivity index is 2.02. The Morgan fingerprint density at radius 1 is 1.25 bits per heavy atom. The zero-order chi connectivity index (χ0) is 11.8. The summed E-state index contributed by atoms with van der Waals surface area (Å²) in [6.45, 7) is 9.11. The largest absolute Gasteiger partial charge is 0.393 e. The molecule has 0 radical (unpaired) electrons. The lowest BCUT2D eigenvalue weighted by Crippen LogP contribution is -2.38. The first-order valence-electron chi connectivity index (χ1n) is 5.96. The average molecular weight is 219 g/mol. The van der Waals surface area contributed by atoms with E-state index >= 15 is 0 Å². The summed E-state index contributed by atoms with van der Waals surface area (Å²) >= 11 is 0. The van der Waals surface area contributed by atoms with Crippen LogP contribution in [-0.4, -0.2) is 22.7 Å². The third kappa shape index (κ3) is 2.28. The van der Waals surface area contributed by atoms with Crippen molar-refractivity contribution in [2.75, 3.05) is 6.54 Å². The van der Waals surface area contributed by atoms with Crippen LogP contribution in [0.15, 0.2) is 24.3 Å². The highest BCUT2D eigenvalue weighted by Gasteiger charge is 2.29. The molecule has 1 aromatic carbocycles. The van der Waals surface area contributed by atoms with Gasteiger partial charge in [-0.1, -0.05) is 38.1 Å². The third-order valence-electron chi connectivity index (χ3n) is 3.67. The van der Waals surface area contributed by atoms with Gasteiger partial charge in [0.05, 0.1) is 6.10 Å². The molecule has 2 nitrogen and oxygen atoms in total. The standard InChI is InChI=1S/C14H21NO/c1-11(16)14(2,3)10-15-8-12-6-4-5-7-13(12)9-15/h4-7,11,16H,8-10H2,1-3H3. The number of fused-ring (bicyclic) bond motifs is 1. The summed E-state index contributed by atoms with van der Waals surface area (Å²) in [5, 5.41) is 9.73. The van der Waals surface area contributed by atoms with Crippen LogP contribution in [0.5, 0.6) is 0 Å². The third-order valence-corrected chi connectivity index (χ3v) is 3.67. The smallest absolute Gasteiger partial charge is 0.0575 e. The van der Waals surface area contributed by atoms with Crippen molar-refractivity contribution in [3.8, 4) is 0 Å². The summed E-state index contributed by atoms with van der Waals surface area (Å²) in [7, 11) is 0. The van der Waals surface area contributed by atoms with Gasteiger partial charge in [-0.05, 0) is 18.1 Å². The molecule has 0 saturated heterocycles. The van der Waals surface area contributed by atoms with Crippen LogP contribution in [0.25, 0.3) is 0 Å². The number of nitrogens with zero attached hydrogens (tertiary/aromatic N) is 1. The lowest BCUT2D eigenvalue weighted by atomic mass is 9.87. The second kappa shape index (κ2) is 4.19. The molecule has 1 unspecified atom stereocenters. The topological polar surface area (TPSA) is 23.5 Å². The molecule has 16 heavy (non-hydrogen) atoms. The molecule has 0 aromatic heterocycles. The summed E-state index contributed by atoms with van der Waals surface area (Å²) in [5.41, 5.74) is 2.83. The first kappa shape index (κ1) is 11.6. The van der Waals surface area contributed by atoms with Gasteiger partial charge in [0.25, 0.3) is 0 Å².